The van der Waals surface area contributed by atoms with Gasteiger partial charge in [0.15, 0.2) is 0 Å². The summed E-state index contributed by atoms with van der Waals surface area (Å²) in [6, 6.07) is 5.93. The van der Waals surface area contributed by atoms with E-state index in [1.807, 2.05) is 4.90 Å². The highest BCUT2D eigenvalue weighted by Gasteiger charge is 2.38. The highest BCUT2D eigenvalue weighted by molar-refractivity contribution is 5.94. The standard InChI is InChI=1S/C16H21FN2O2/c1-2-18-8-7-14-15(11-18)21-10-9-19(14)16(20)12-3-5-13(17)6-4-12/h3-6,14-15H,2,7-11H2,1H3. The fourth-order valence-electron chi connectivity index (χ4n) is 3.25. The summed E-state index contributed by atoms with van der Waals surface area (Å²) in [5.74, 6) is -0.332. The molecule has 0 aromatic heterocycles. The van der Waals surface area contributed by atoms with Crippen LogP contribution in [-0.4, -0.2) is 60.6 Å². The lowest BCUT2D eigenvalue weighted by atomic mass is 9.97. The van der Waals surface area contributed by atoms with Crippen LogP contribution in [0.5, 0.6) is 0 Å². The van der Waals surface area contributed by atoms with Crippen LogP contribution in [0.25, 0.3) is 0 Å². The smallest absolute Gasteiger partial charge is 0.254 e. The van der Waals surface area contributed by atoms with Crippen molar-refractivity contribution in [2.24, 2.45) is 0 Å². The maximum atomic E-state index is 13.0. The third-order valence-corrected chi connectivity index (χ3v) is 4.47. The number of benzene rings is 1. The molecule has 0 saturated carbocycles. The van der Waals surface area contributed by atoms with Crippen molar-refractivity contribution in [2.75, 3.05) is 32.8 Å². The second-order valence-electron chi connectivity index (χ2n) is 5.66. The third kappa shape index (κ3) is 2.94. The number of piperidine rings is 1. The van der Waals surface area contributed by atoms with Crippen molar-refractivity contribution >= 4 is 5.91 Å². The minimum absolute atomic E-state index is 0.0155. The number of hydrogen-bond acceptors (Lipinski definition) is 3. The molecule has 0 spiro atoms. The Hall–Kier alpha value is -1.46. The second kappa shape index (κ2) is 6.12. The van der Waals surface area contributed by atoms with Crippen LogP contribution in [0.15, 0.2) is 24.3 Å². The van der Waals surface area contributed by atoms with E-state index in [1.54, 1.807) is 12.1 Å². The van der Waals surface area contributed by atoms with Crippen molar-refractivity contribution in [1.82, 2.24) is 9.80 Å². The number of rotatable bonds is 2. The topological polar surface area (TPSA) is 32.8 Å². The number of carbonyl (C=O) groups is 1. The molecule has 2 aliphatic rings. The first-order valence-electron chi connectivity index (χ1n) is 7.59. The fraction of sp³-hybridized carbons (Fsp3) is 0.562. The molecule has 2 atom stereocenters. The number of carbonyl (C=O) groups excluding carboxylic acids is 1. The van der Waals surface area contributed by atoms with E-state index in [1.165, 1.54) is 12.1 Å². The Morgan fingerprint density at radius 3 is 2.81 bits per heavy atom. The van der Waals surface area contributed by atoms with E-state index in [9.17, 15) is 9.18 Å². The molecule has 2 fully saturated rings. The van der Waals surface area contributed by atoms with E-state index >= 15 is 0 Å². The molecular weight excluding hydrogens is 271 g/mol. The first-order chi connectivity index (χ1) is 10.2. The van der Waals surface area contributed by atoms with Gasteiger partial charge in [-0.2, -0.15) is 0 Å². The maximum Gasteiger partial charge on any atom is 0.254 e. The molecule has 1 aromatic rings. The first-order valence-corrected chi connectivity index (χ1v) is 7.59. The quantitative estimate of drug-likeness (QED) is 0.833. The number of hydrogen-bond donors (Lipinski definition) is 0. The number of morpholine rings is 1. The van der Waals surface area contributed by atoms with E-state index < -0.39 is 0 Å². The summed E-state index contributed by atoms with van der Waals surface area (Å²) in [5, 5.41) is 0. The predicted molar refractivity (Wildman–Crippen MR) is 77.7 cm³/mol. The van der Waals surface area contributed by atoms with Crippen LogP contribution in [0, 0.1) is 5.82 Å². The van der Waals surface area contributed by atoms with E-state index in [-0.39, 0.29) is 23.9 Å². The molecule has 3 rings (SSSR count). The Bertz CT molecular complexity index is 506. The monoisotopic (exact) mass is 292 g/mol. The molecule has 0 radical (unpaired) electrons. The first kappa shape index (κ1) is 14.5. The maximum absolute atomic E-state index is 13.0. The summed E-state index contributed by atoms with van der Waals surface area (Å²) in [5.41, 5.74) is 0.551. The fourth-order valence-corrected chi connectivity index (χ4v) is 3.25. The Kier molecular flexibility index (Phi) is 4.22. The Balaban J connectivity index is 1.75. The van der Waals surface area contributed by atoms with Gasteiger partial charge in [-0.3, -0.25) is 4.79 Å². The Labute approximate surface area is 124 Å². The molecule has 0 N–H and O–H groups in total. The van der Waals surface area contributed by atoms with Crippen molar-refractivity contribution < 1.29 is 13.9 Å². The van der Waals surface area contributed by atoms with Crippen LogP contribution in [0.1, 0.15) is 23.7 Å². The van der Waals surface area contributed by atoms with Gasteiger partial charge in [0.2, 0.25) is 0 Å². The summed E-state index contributed by atoms with van der Waals surface area (Å²) >= 11 is 0. The van der Waals surface area contributed by atoms with Gasteiger partial charge in [-0.05, 0) is 37.2 Å². The molecule has 5 heteroatoms. The third-order valence-electron chi connectivity index (χ3n) is 4.47. The molecule has 2 unspecified atom stereocenters. The lowest BCUT2D eigenvalue weighted by molar-refractivity contribution is -0.0912. The highest BCUT2D eigenvalue weighted by atomic mass is 19.1. The average molecular weight is 292 g/mol. The predicted octanol–water partition coefficient (Wildman–Crippen LogP) is 1.76. The molecule has 2 aliphatic heterocycles. The van der Waals surface area contributed by atoms with Crippen LogP contribution < -0.4 is 0 Å². The van der Waals surface area contributed by atoms with E-state index in [0.29, 0.717) is 18.7 Å². The van der Waals surface area contributed by atoms with Gasteiger partial charge in [-0.1, -0.05) is 6.92 Å². The Morgan fingerprint density at radius 2 is 2.10 bits per heavy atom. The van der Waals surface area contributed by atoms with Crippen molar-refractivity contribution in [3.8, 4) is 0 Å². The number of likely N-dealkylation sites (N-methyl/N-ethyl adjacent to an activating group) is 1. The van der Waals surface area contributed by atoms with Crippen molar-refractivity contribution in [3.63, 3.8) is 0 Å². The molecular formula is C16H21FN2O2. The number of fused-ring (bicyclic) bond motifs is 1. The SMILES string of the molecule is CCN1CCC2C(C1)OCCN2C(=O)c1ccc(F)cc1. The summed E-state index contributed by atoms with van der Waals surface area (Å²) in [6.45, 7) is 6.22. The summed E-state index contributed by atoms with van der Waals surface area (Å²) in [4.78, 5) is 16.9. The van der Waals surface area contributed by atoms with E-state index in [2.05, 4.69) is 11.8 Å². The number of likely N-dealkylation sites (tertiary alicyclic amines) is 1. The van der Waals surface area contributed by atoms with Crippen LogP contribution >= 0.6 is 0 Å². The van der Waals surface area contributed by atoms with Crippen molar-refractivity contribution in [2.45, 2.75) is 25.5 Å². The van der Waals surface area contributed by atoms with Crippen molar-refractivity contribution in [1.29, 1.82) is 0 Å². The van der Waals surface area contributed by atoms with Crippen molar-refractivity contribution in [3.05, 3.63) is 35.6 Å². The Morgan fingerprint density at radius 1 is 1.33 bits per heavy atom. The van der Waals surface area contributed by atoms with E-state index in [4.69, 9.17) is 4.74 Å². The molecule has 114 valence electrons. The molecule has 1 aromatic carbocycles. The van der Waals surface area contributed by atoms with Crippen LogP contribution in [0.2, 0.25) is 0 Å². The zero-order valence-electron chi connectivity index (χ0n) is 12.3. The summed E-state index contributed by atoms with van der Waals surface area (Å²) < 4.78 is 18.8. The normalized spacial score (nSPS) is 26.5. The number of ether oxygens (including phenoxy) is 1. The minimum atomic E-state index is -0.317. The molecule has 4 nitrogen and oxygen atoms in total. The zero-order chi connectivity index (χ0) is 14.8. The van der Waals surface area contributed by atoms with Crippen LogP contribution in [-0.2, 0) is 4.74 Å². The van der Waals surface area contributed by atoms with Gasteiger partial charge in [-0.15, -0.1) is 0 Å². The van der Waals surface area contributed by atoms with Gasteiger partial charge in [0, 0.05) is 25.2 Å². The molecule has 2 heterocycles. The van der Waals surface area contributed by atoms with Gasteiger partial charge in [0.25, 0.3) is 5.91 Å². The van der Waals surface area contributed by atoms with Gasteiger partial charge in [-0.25, -0.2) is 4.39 Å². The van der Waals surface area contributed by atoms with Crippen LogP contribution in [0.4, 0.5) is 4.39 Å². The average Bonchev–Trinajstić information content (AvgIpc) is 2.53. The molecule has 0 aliphatic carbocycles. The molecule has 1 amide bonds. The lowest BCUT2D eigenvalue weighted by Crippen LogP contribution is -2.60. The molecule has 21 heavy (non-hydrogen) atoms. The number of halogens is 1. The number of nitrogens with zero attached hydrogens (tertiary/aromatic N) is 2. The van der Waals surface area contributed by atoms with Gasteiger partial charge >= 0.3 is 0 Å². The molecule has 0 bridgehead atoms. The number of amides is 1. The van der Waals surface area contributed by atoms with Gasteiger partial charge < -0.3 is 14.5 Å². The zero-order valence-corrected chi connectivity index (χ0v) is 12.3. The second-order valence-corrected chi connectivity index (χ2v) is 5.66. The highest BCUT2D eigenvalue weighted by Crippen LogP contribution is 2.24. The summed E-state index contributed by atoms with van der Waals surface area (Å²) in [6.07, 6.45) is 1.03. The van der Waals surface area contributed by atoms with Gasteiger partial charge in [0.1, 0.15) is 5.82 Å². The summed E-state index contributed by atoms with van der Waals surface area (Å²) in [7, 11) is 0. The molecule has 2 saturated heterocycles. The lowest BCUT2D eigenvalue weighted by Gasteiger charge is -2.46. The van der Waals surface area contributed by atoms with Gasteiger partial charge in [0.05, 0.1) is 18.8 Å². The largest absolute Gasteiger partial charge is 0.373 e. The minimum Gasteiger partial charge on any atom is -0.373 e. The van der Waals surface area contributed by atoms with E-state index in [0.717, 1.165) is 26.1 Å². The van der Waals surface area contributed by atoms with Crippen LogP contribution in [0.3, 0.4) is 0 Å².